The van der Waals surface area contributed by atoms with Gasteiger partial charge in [-0.05, 0) is 60.1 Å². The molecule has 0 aliphatic carbocycles. The molecule has 0 saturated carbocycles. The molecule has 4 nitrogen and oxygen atoms in total. The van der Waals surface area contributed by atoms with E-state index in [4.69, 9.17) is 27.6 Å². The van der Waals surface area contributed by atoms with Gasteiger partial charge in [-0.1, -0.05) is 47.5 Å². The molecular weight excluding hydrogens is 429 g/mol. The third-order valence-corrected chi connectivity index (χ3v) is 6.05. The lowest BCUT2D eigenvalue weighted by Crippen LogP contribution is -2.27. The van der Waals surface area contributed by atoms with E-state index in [1.54, 1.807) is 36.4 Å². The first-order chi connectivity index (χ1) is 13.9. The standard InChI is InChI=1S/C22H15Cl2NO3S/c1-13-2-5-15(10-18(13)24)19-9-8-17(28-19)11-20-21(26)25(22(27)29-20)12-14-3-6-16(23)7-4-14/h2-11H,12H2,1H3/b20-11-. The second-order valence-electron chi connectivity index (χ2n) is 6.56. The molecule has 1 saturated heterocycles. The van der Waals surface area contributed by atoms with Gasteiger partial charge in [0, 0.05) is 21.7 Å². The fourth-order valence-electron chi connectivity index (χ4n) is 2.87. The van der Waals surface area contributed by atoms with Crippen molar-refractivity contribution in [3.63, 3.8) is 0 Å². The Labute approximate surface area is 182 Å². The number of furan rings is 1. The second-order valence-corrected chi connectivity index (χ2v) is 8.40. The lowest BCUT2D eigenvalue weighted by molar-refractivity contribution is -0.123. The van der Waals surface area contributed by atoms with Crippen LogP contribution in [0.5, 0.6) is 0 Å². The highest BCUT2D eigenvalue weighted by Gasteiger charge is 2.35. The second kappa shape index (κ2) is 8.11. The highest BCUT2D eigenvalue weighted by Crippen LogP contribution is 2.34. The Kier molecular flexibility index (Phi) is 5.54. The van der Waals surface area contributed by atoms with Gasteiger partial charge in [-0.3, -0.25) is 14.5 Å². The third-order valence-electron chi connectivity index (χ3n) is 4.48. The number of benzene rings is 2. The van der Waals surface area contributed by atoms with E-state index in [1.807, 2.05) is 31.2 Å². The highest BCUT2D eigenvalue weighted by atomic mass is 35.5. The molecule has 0 bridgehead atoms. The fraction of sp³-hybridized carbons (Fsp3) is 0.0909. The zero-order valence-corrected chi connectivity index (χ0v) is 17.6. The number of hydrogen-bond acceptors (Lipinski definition) is 4. The van der Waals surface area contributed by atoms with Crippen molar-refractivity contribution in [1.82, 2.24) is 4.90 Å². The summed E-state index contributed by atoms with van der Waals surface area (Å²) in [5.74, 6) is 0.790. The van der Waals surface area contributed by atoms with Crippen LogP contribution in [-0.4, -0.2) is 16.0 Å². The minimum atomic E-state index is -0.341. The molecule has 2 amide bonds. The topological polar surface area (TPSA) is 50.5 Å². The van der Waals surface area contributed by atoms with Gasteiger partial charge in [-0.25, -0.2) is 0 Å². The minimum absolute atomic E-state index is 0.199. The zero-order chi connectivity index (χ0) is 20.5. The van der Waals surface area contributed by atoms with Crippen LogP contribution in [0.15, 0.2) is 63.9 Å². The number of carbonyl (C=O) groups excluding carboxylic acids is 2. The Morgan fingerprint density at radius 1 is 1.03 bits per heavy atom. The van der Waals surface area contributed by atoms with Crippen molar-refractivity contribution in [3.8, 4) is 11.3 Å². The highest BCUT2D eigenvalue weighted by molar-refractivity contribution is 8.18. The smallest absolute Gasteiger partial charge is 0.293 e. The maximum Gasteiger partial charge on any atom is 0.293 e. The summed E-state index contributed by atoms with van der Waals surface area (Å²) in [5, 5.41) is 0.948. The number of carbonyl (C=O) groups is 2. The number of amides is 2. The number of aryl methyl sites for hydroxylation is 1. The molecule has 7 heteroatoms. The van der Waals surface area contributed by atoms with Crippen molar-refractivity contribution in [3.05, 3.63) is 86.4 Å². The van der Waals surface area contributed by atoms with E-state index in [1.165, 1.54) is 4.90 Å². The summed E-state index contributed by atoms with van der Waals surface area (Å²) in [4.78, 5) is 26.5. The van der Waals surface area contributed by atoms with Crippen molar-refractivity contribution >= 4 is 52.2 Å². The summed E-state index contributed by atoms with van der Waals surface area (Å²) in [5.41, 5.74) is 2.65. The van der Waals surface area contributed by atoms with Crippen molar-refractivity contribution in [2.24, 2.45) is 0 Å². The number of thioether (sulfide) groups is 1. The summed E-state index contributed by atoms with van der Waals surface area (Å²) < 4.78 is 5.83. The Morgan fingerprint density at radius 3 is 2.52 bits per heavy atom. The number of imide groups is 1. The average molecular weight is 444 g/mol. The van der Waals surface area contributed by atoms with Crippen LogP contribution in [0.25, 0.3) is 17.4 Å². The molecule has 2 heterocycles. The first kappa shape index (κ1) is 19.8. The van der Waals surface area contributed by atoms with Crippen LogP contribution >= 0.6 is 35.0 Å². The predicted octanol–water partition coefficient (Wildman–Crippen LogP) is 6.80. The molecule has 1 aliphatic rings. The molecule has 1 aliphatic heterocycles. The predicted molar refractivity (Wildman–Crippen MR) is 117 cm³/mol. The van der Waals surface area contributed by atoms with Crippen LogP contribution in [0.3, 0.4) is 0 Å². The molecule has 29 heavy (non-hydrogen) atoms. The van der Waals surface area contributed by atoms with Gasteiger partial charge in [-0.2, -0.15) is 0 Å². The summed E-state index contributed by atoms with van der Waals surface area (Å²) in [6, 6.07) is 16.3. The summed E-state index contributed by atoms with van der Waals surface area (Å²) >= 11 is 13.0. The first-order valence-corrected chi connectivity index (χ1v) is 10.3. The Hall–Kier alpha value is -2.47. The molecule has 0 atom stereocenters. The van der Waals surface area contributed by atoms with E-state index in [2.05, 4.69) is 0 Å². The van der Waals surface area contributed by atoms with E-state index in [0.29, 0.717) is 26.5 Å². The van der Waals surface area contributed by atoms with Gasteiger partial charge in [0.2, 0.25) is 0 Å². The maximum absolute atomic E-state index is 12.7. The maximum atomic E-state index is 12.7. The average Bonchev–Trinajstić information content (AvgIpc) is 3.26. The minimum Gasteiger partial charge on any atom is -0.457 e. The SMILES string of the molecule is Cc1ccc(-c2ccc(/C=C3\SC(=O)N(Cc4ccc(Cl)cc4)C3=O)o2)cc1Cl. The molecule has 0 N–H and O–H groups in total. The van der Waals surface area contributed by atoms with Crippen LogP contribution in [0.1, 0.15) is 16.9 Å². The Bertz CT molecular complexity index is 1140. The molecular formula is C22H15Cl2NO3S. The van der Waals surface area contributed by atoms with Crippen LogP contribution in [0.2, 0.25) is 10.0 Å². The van der Waals surface area contributed by atoms with Crippen molar-refractivity contribution in [2.45, 2.75) is 13.5 Å². The first-order valence-electron chi connectivity index (χ1n) is 8.77. The van der Waals surface area contributed by atoms with Gasteiger partial charge in [0.25, 0.3) is 11.1 Å². The largest absolute Gasteiger partial charge is 0.457 e. The molecule has 0 radical (unpaired) electrons. The van der Waals surface area contributed by atoms with Gasteiger partial charge in [0.1, 0.15) is 11.5 Å². The van der Waals surface area contributed by atoms with Crippen molar-refractivity contribution in [2.75, 3.05) is 0 Å². The van der Waals surface area contributed by atoms with Crippen LogP contribution in [0, 0.1) is 6.92 Å². The van der Waals surface area contributed by atoms with Gasteiger partial charge in [0.15, 0.2) is 0 Å². The summed E-state index contributed by atoms with van der Waals surface area (Å²) in [6.07, 6.45) is 1.59. The molecule has 0 unspecified atom stereocenters. The number of nitrogens with zero attached hydrogens (tertiary/aromatic N) is 1. The zero-order valence-electron chi connectivity index (χ0n) is 15.3. The van der Waals surface area contributed by atoms with Gasteiger partial charge in [0.05, 0.1) is 11.4 Å². The molecule has 0 spiro atoms. The van der Waals surface area contributed by atoms with Crippen molar-refractivity contribution in [1.29, 1.82) is 0 Å². The van der Waals surface area contributed by atoms with E-state index < -0.39 is 0 Å². The third kappa shape index (κ3) is 4.27. The molecule has 1 fully saturated rings. The monoisotopic (exact) mass is 443 g/mol. The normalized spacial score (nSPS) is 15.6. The lowest BCUT2D eigenvalue weighted by Gasteiger charge is -2.12. The number of rotatable bonds is 4. The fourth-order valence-corrected chi connectivity index (χ4v) is 3.99. The quantitative estimate of drug-likeness (QED) is 0.416. The van der Waals surface area contributed by atoms with Gasteiger partial charge >= 0.3 is 0 Å². The Morgan fingerprint density at radius 2 is 1.79 bits per heavy atom. The molecule has 146 valence electrons. The summed E-state index contributed by atoms with van der Waals surface area (Å²) in [6.45, 7) is 2.13. The van der Waals surface area contributed by atoms with E-state index in [9.17, 15) is 9.59 Å². The van der Waals surface area contributed by atoms with Crippen molar-refractivity contribution < 1.29 is 14.0 Å². The van der Waals surface area contributed by atoms with E-state index >= 15 is 0 Å². The molecule has 2 aromatic carbocycles. The van der Waals surface area contributed by atoms with Gasteiger partial charge < -0.3 is 4.42 Å². The molecule has 4 rings (SSSR count). The van der Waals surface area contributed by atoms with Crippen LogP contribution in [-0.2, 0) is 11.3 Å². The number of hydrogen-bond donors (Lipinski definition) is 0. The van der Waals surface area contributed by atoms with E-state index in [0.717, 1.165) is 28.5 Å². The van der Waals surface area contributed by atoms with Crippen LogP contribution in [0.4, 0.5) is 4.79 Å². The van der Waals surface area contributed by atoms with Crippen LogP contribution < -0.4 is 0 Å². The lowest BCUT2D eigenvalue weighted by atomic mass is 10.1. The van der Waals surface area contributed by atoms with E-state index in [-0.39, 0.29) is 17.7 Å². The van der Waals surface area contributed by atoms with Gasteiger partial charge in [-0.15, -0.1) is 0 Å². The molecule has 1 aromatic heterocycles. The summed E-state index contributed by atoms with van der Waals surface area (Å²) in [7, 11) is 0. The number of halogens is 2. The molecule has 3 aromatic rings. The Balaban J connectivity index is 1.53.